The number of nitrogens with zero attached hydrogens (tertiary/aromatic N) is 3. The number of aromatic nitrogens is 3. The number of hydrogen-bond donors (Lipinski definition) is 2. The number of anilines is 1. The van der Waals surface area contributed by atoms with E-state index in [0.29, 0.717) is 18.0 Å². The van der Waals surface area contributed by atoms with Gasteiger partial charge in [-0.15, -0.1) is 0 Å². The summed E-state index contributed by atoms with van der Waals surface area (Å²) in [5, 5.41) is 8.13. The van der Waals surface area contributed by atoms with Gasteiger partial charge in [-0.25, -0.2) is 4.98 Å². The summed E-state index contributed by atoms with van der Waals surface area (Å²) in [6, 6.07) is 1.89. The van der Waals surface area contributed by atoms with Crippen LogP contribution in [0, 0.1) is 12.8 Å². The minimum absolute atomic E-state index is 0.0215. The molecule has 1 atom stereocenters. The van der Waals surface area contributed by atoms with E-state index in [1.807, 2.05) is 20.0 Å². The number of pyridine rings is 1. The number of amides is 1. The van der Waals surface area contributed by atoms with Crippen LogP contribution in [0.25, 0.3) is 11.0 Å². The standard InChI is InChI=1S/C14H19N5O/c1-8-11-5-10(7-16-14(11)19(2)18-8)17-13(20)6-12(15)9-3-4-9/h5,7,9,12H,3-4,6,15H2,1-2H3,(H,17,20). The first-order chi connectivity index (χ1) is 9.54. The van der Waals surface area contributed by atoms with Crippen LogP contribution in [0.2, 0.25) is 0 Å². The van der Waals surface area contributed by atoms with Crippen molar-refractivity contribution in [3.63, 3.8) is 0 Å². The van der Waals surface area contributed by atoms with Crippen LogP contribution < -0.4 is 11.1 Å². The van der Waals surface area contributed by atoms with Crippen molar-refractivity contribution in [2.75, 3.05) is 5.32 Å². The fraction of sp³-hybridized carbons (Fsp3) is 0.500. The second kappa shape index (κ2) is 4.86. The predicted octanol–water partition coefficient (Wildman–Crippen LogP) is 1.34. The Labute approximate surface area is 117 Å². The summed E-state index contributed by atoms with van der Waals surface area (Å²) in [6.45, 7) is 1.93. The number of rotatable bonds is 4. The fourth-order valence-corrected chi connectivity index (χ4v) is 2.49. The third-order valence-electron chi connectivity index (χ3n) is 3.80. The largest absolute Gasteiger partial charge is 0.327 e. The molecule has 6 nitrogen and oxygen atoms in total. The monoisotopic (exact) mass is 273 g/mol. The molecule has 0 saturated heterocycles. The maximum absolute atomic E-state index is 11.9. The van der Waals surface area contributed by atoms with Crippen molar-refractivity contribution in [1.82, 2.24) is 14.8 Å². The summed E-state index contributed by atoms with van der Waals surface area (Å²) in [7, 11) is 1.86. The zero-order valence-corrected chi connectivity index (χ0v) is 11.8. The van der Waals surface area contributed by atoms with Gasteiger partial charge < -0.3 is 11.1 Å². The molecular formula is C14H19N5O. The summed E-state index contributed by atoms with van der Waals surface area (Å²) in [6.07, 6.45) is 4.33. The summed E-state index contributed by atoms with van der Waals surface area (Å²) in [4.78, 5) is 16.3. The van der Waals surface area contributed by atoms with Crippen molar-refractivity contribution in [2.45, 2.75) is 32.2 Å². The van der Waals surface area contributed by atoms with E-state index < -0.39 is 0 Å². The zero-order valence-electron chi connectivity index (χ0n) is 11.8. The maximum Gasteiger partial charge on any atom is 0.225 e. The smallest absolute Gasteiger partial charge is 0.225 e. The molecule has 2 aromatic heterocycles. The van der Waals surface area contributed by atoms with E-state index in [-0.39, 0.29) is 11.9 Å². The number of aryl methyl sites for hydroxylation is 2. The molecule has 1 aliphatic rings. The first-order valence-electron chi connectivity index (χ1n) is 6.89. The van der Waals surface area contributed by atoms with Crippen molar-refractivity contribution in [3.8, 4) is 0 Å². The highest BCUT2D eigenvalue weighted by molar-refractivity contribution is 5.93. The van der Waals surface area contributed by atoms with E-state index in [1.165, 1.54) is 0 Å². The molecule has 1 unspecified atom stereocenters. The summed E-state index contributed by atoms with van der Waals surface area (Å²) in [5.41, 5.74) is 8.38. The average Bonchev–Trinajstić information content (AvgIpc) is 3.18. The van der Waals surface area contributed by atoms with Gasteiger partial charge in [-0.1, -0.05) is 0 Å². The molecule has 1 amide bonds. The second-order valence-electron chi connectivity index (χ2n) is 5.56. The molecule has 6 heteroatoms. The van der Waals surface area contributed by atoms with Crippen LogP contribution in [0.1, 0.15) is 25.0 Å². The maximum atomic E-state index is 11.9. The van der Waals surface area contributed by atoms with Crippen LogP contribution in [0.3, 0.4) is 0 Å². The van der Waals surface area contributed by atoms with E-state index >= 15 is 0 Å². The third-order valence-corrected chi connectivity index (χ3v) is 3.80. The molecule has 2 heterocycles. The van der Waals surface area contributed by atoms with Gasteiger partial charge >= 0.3 is 0 Å². The lowest BCUT2D eigenvalue weighted by Crippen LogP contribution is -2.28. The van der Waals surface area contributed by atoms with Crippen LogP contribution in [0.5, 0.6) is 0 Å². The zero-order chi connectivity index (χ0) is 14.3. The number of fused-ring (bicyclic) bond motifs is 1. The van der Waals surface area contributed by atoms with Gasteiger partial charge in [0.15, 0.2) is 5.65 Å². The molecule has 0 bridgehead atoms. The van der Waals surface area contributed by atoms with Gasteiger partial charge in [-0.2, -0.15) is 5.10 Å². The molecular weight excluding hydrogens is 254 g/mol. The summed E-state index contributed by atoms with van der Waals surface area (Å²) >= 11 is 0. The molecule has 3 rings (SSSR count). The van der Waals surface area contributed by atoms with E-state index in [9.17, 15) is 4.79 Å². The Hall–Kier alpha value is -1.95. The molecule has 106 valence electrons. The molecule has 0 radical (unpaired) electrons. The number of nitrogens with two attached hydrogens (primary N) is 1. The fourth-order valence-electron chi connectivity index (χ4n) is 2.49. The van der Waals surface area contributed by atoms with Gasteiger partial charge in [0, 0.05) is 24.9 Å². The van der Waals surface area contributed by atoms with Crippen LogP contribution in [0.15, 0.2) is 12.3 Å². The quantitative estimate of drug-likeness (QED) is 0.880. The Balaban J connectivity index is 1.73. The van der Waals surface area contributed by atoms with Gasteiger partial charge in [0.25, 0.3) is 0 Å². The Morgan fingerprint density at radius 1 is 1.60 bits per heavy atom. The minimum atomic E-state index is -0.0490. The lowest BCUT2D eigenvalue weighted by molar-refractivity contribution is -0.116. The number of carbonyl (C=O) groups is 1. The predicted molar refractivity (Wildman–Crippen MR) is 77.2 cm³/mol. The highest BCUT2D eigenvalue weighted by Crippen LogP contribution is 2.32. The Bertz CT molecular complexity index is 659. The van der Waals surface area contributed by atoms with Gasteiger partial charge in [-0.3, -0.25) is 9.48 Å². The van der Waals surface area contributed by atoms with Crippen LogP contribution in [-0.2, 0) is 11.8 Å². The number of nitrogens with one attached hydrogen (secondary N) is 1. The summed E-state index contributed by atoms with van der Waals surface area (Å²) in [5.74, 6) is 0.481. The van der Waals surface area contributed by atoms with E-state index in [0.717, 1.165) is 29.6 Å². The van der Waals surface area contributed by atoms with E-state index in [2.05, 4.69) is 15.4 Å². The van der Waals surface area contributed by atoms with E-state index in [4.69, 9.17) is 5.73 Å². The molecule has 0 aliphatic heterocycles. The Morgan fingerprint density at radius 2 is 2.35 bits per heavy atom. The molecule has 3 N–H and O–H groups in total. The highest BCUT2D eigenvalue weighted by Gasteiger charge is 2.29. The van der Waals surface area contributed by atoms with Crippen molar-refractivity contribution in [3.05, 3.63) is 18.0 Å². The number of hydrogen-bond acceptors (Lipinski definition) is 4. The molecule has 2 aromatic rings. The van der Waals surface area contributed by atoms with Gasteiger partial charge in [0.2, 0.25) is 5.91 Å². The number of carbonyl (C=O) groups excluding carboxylic acids is 1. The van der Waals surface area contributed by atoms with Crippen molar-refractivity contribution in [1.29, 1.82) is 0 Å². The van der Waals surface area contributed by atoms with Gasteiger partial charge in [-0.05, 0) is 31.7 Å². The van der Waals surface area contributed by atoms with Crippen molar-refractivity contribution < 1.29 is 4.79 Å². The second-order valence-corrected chi connectivity index (χ2v) is 5.56. The molecule has 1 saturated carbocycles. The van der Waals surface area contributed by atoms with Crippen LogP contribution >= 0.6 is 0 Å². The first kappa shape index (κ1) is 13.1. The van der Waals surface area contributed by atoms with Crippen LogP contribution in [-0.4, -0.2) is 26.7 Å². The lowest BCUT2D eigenvalue weighted by atomic mass is 10.1. The van der Waals surface area contributed by atoms with Crippen molar-refractivity contribution in [2.24, 2.45) is 18.7 Å². The average molecular weight is 273 g/mol. The molecule has 0 spiro atoms. The lowest BCUT2D eigenvalue weighted by Gasteiger charge is -2.10. The highest BCUT2D eigenvalue weighted by atomic mass is 16.1. The third kappa shape index (κ3) is 2.51. The topological polar surface area (TPSA) is 85.8 Å². The minimum Gasteiger partial charge on any atom is -0.327 e. The first-order valence-corrected chi connectivity index (χ1v) is 6.89. The molecule has 1 aliphatic carbocycles. The van der Waals surface area contributed by atoms with Gasteiger partial charge in [0.1, 0.15) is 0 Å². The Kier molecular flexibility index (Phi) is 3.17. The summed E-state index contributed by atoms with van der Waals surface area (Å²) < 4.78 is 1.74. The van der Waals surface area contributed by atoms with Crippen molar-refractivity contribution >= 4 is 22.6 Å². The van der Waals surface area contributed by atoms with Crippen LogP contribution in [0.4, 0.5) is 5.69 Å². The molecule has 20 heavy (non-hydrogen) atoms. The normalized spacial score (nSPS) is 16.4. The SMILES string of the molecule is Cc1nn(C)c2ncc(NC(=O)CC(N)C3CC3)cc12. The van der Waals surface area contributed by atoms with E-state index in [1.54, 1.807) is 10.9 Å². The molecule has 1 fully saturated rings. The molecule has 0 aromatic carbocycles. The van der Waals surface area contributed by atoms with Gasteiger partial charge in [0.05, 0.1) is 17.6 Å². The Morgan fingerprint density at radius 3 is 3.05 bits per heavy atom.